The Hall–Kier alpha value is -1.85. The molecule has 2 rings (SSSR count). The number of hydrogen-bond donors (Lipinski definition) is 2. The first-order valence-corrected chi connectivity index (χ1v) is 7.40. The average Bonchev–Trinajstić information content (AvgIpc) is 2.48. The number of halogens is 1. The van der Waals surface area contributed by atoms with Crippen LogP contribution < -0.4 is 11.1 Å². The molecule has 5 heteroatoms. The van der Waals surface area contributed by atoms with Crippen molar-refractivity contribution in [1.29, 1.82) is 0 Å². The summed E-state index contributed by atoms with van der Waals surface area (Å²) < 4.78 is 6.53. The second-order valence-electron chi connectivity index (χ2n) is 4.60. The van der Waals surface area contributed by atoms with Crippen LogP contribution in [0.25, 0.3) is 0 Å². The minimum Gasteiger partial charge on any atom is -0.399 e. The first kappa shape index (κ1) is 15.5. The Morgan fingerprint density at radius 3 is 2.43 bits per heavy atom. The van der Waals surface area contributed by atoms with Crippen molar-refractivity contribution in [3.05, 3.63) is 58.6 Å². The molecule has 0 atom stereocenters. The highest BCUT2D eigenvalue weighted by Crippen LogP contribution is 2.12. The summed E-state index contributed by atoms with van der Waals surface area (Å²) in [4.78, 5) is 11.7. The van der Waals surface area contributed by atoms with Gasteiger partial charge in [-0.2, -0.15) is 0 Å². The molecule has 0 saturated heterocycles. The van der Waals surface area contributed by atoms with Crippen molar-refractivity contribution in [2.45, 2.75) is 13.0 Å². The maximum absolute atomic E-state index is 11.7. The summed E-state index contributed by atoms with van der Waals surface area (Å²) in [7, 11) is 0. The quantitative estimate of drug-likeness (QED) is 0.619. The molecule has 4 nitrogen and oxygen atoms in total. The molecule has 2 aromatic rings. The van der Waals surface area contributed by atoms with E-state index in [2.05, 4.69) is 21.2 Å². The molecular weight excluding hydrogens is 332 g/mol. The van der Waals surface area contributed by atoms with Crippen molar-refractivity contribution in [3.63, 3.8) is 0 Å². The van der Waals surface area contributed by atoms with Crippen LogP contribution in [0.5, 0.6) is 0 Å². The second-order valence-corrected chi connectivity index (χ2v) is 5.51. The van der Waals surface area contributed by atoms with Gasteiger partial charge in [0.2, 0.25) is 5.91 Å². The maximum atomic E-state index is 11.7. The molecule has 0 aliphatic rings. The molecule has 0 heterocycles. The highest BCUT2D eigenvalue weighted by molar-refractivity contribution is 9.10. The summed E-state index contributed by atoms with van der Waals surface area (Å²) in [5, 5.41) is 2.79. The number of amides is 1. The van der Waals surface area contributed by atoms with E-state index in [0.717, 1.165) is 15.7 Å². The fraction of sp³-hybridized carbons (Fsp3) is 0.188. The second kappa shape index (κ2) is 7.81. The van der Waals surface area contributed by atoms with E-state index in [4.69, 9.17) is 10.5 Å². The standard InChI is InChI=1S/C16H17BrN2O2/c17-13-3-1-12(2-4-13)11-21-10-9-16(20)19-15-7-5-14(18)6-8-15/h1-8H,9-11,18H2,(H,19,20). The maximum Gasteiger partial charge on any atom is 0.226 e. The molecule has 3 N–H and O–H groups in total. The van der Waals surface area contributed by atoms with Gasteiger partial charge in [-0.05, 0) is 42.0 Å². The first-order chi connectivity index (χ1) is 10.1. The van der Waals surface area contributed by atoms with Gasteiger partial charge >= 0.3 is 0 Å². The zero-order valence-electron chi connectivity index (χ0n) is 11.5. The van der Waals surface area contributed by atoms with Crippen molar-refractivity contribution >= 4 is 33.2 Å². The van der Waals surface area contributed by atoms with Crippen LogP contribution >= 0.6 is 15.9 Å². The number of hydrogen-bond acceptors (Lipinski definition) is 3. The number of nitrogens with one attached hydrogen (secondary N) is 1. The number of nitrogen functional groups attached to an aromatic ring is 1. The van der Waals surface area contributed by atoms with Crippen LogP contribution in [0, 0.1) is 0 Å². The zero-order valence-corrected chi connectivity index (χ0v) is 13.1. The predicted molar refractivity (Wildman–Crippen MR) is 87.9 cm³/mol. The number of ether oxygens (including phenoxy) is 1. The molecular formula is C16H17BrN2O2. The van der Waals surface area contributed by atoms with Gasteiger partial charge in [-0.1, -0.05) is 28.1 Å². The first-order valence-electron chi connectivity index (χ1n) is 6.61. The van der Waals surface area contributed by atoms with Gasteiger partial charge in [0.25, 0.3) is 0 Å². The van der Waals surface area contributed by atoms with Gasteiger partial charge < -0.3 is 15.8 Å². The fourth-order valence-electron chi connectivity index (χ4n) is 1.73. The lowest BCUT2D eigenvalue weighted by atomic mass is 10.2. The highest BCUT2D eigenvalue weighted by atomic mass is 79.9. The number of anilines is 2. The Morgan fingerprint density at radius 1 is 1.10 bits per heavy atom. The van der Waals surface area contributed by atoms with Crippen LogP contribution in [0.3, 0.4) is 0 Å². The van der Waals surface area contributed by atoms with Gasteiger partial charge in [0, 0.05) is 15.8 Å². The Labute approximate surface area is 132 Å². The molecule has 0 fully saturated rings. The van der Waals surface area contributed by atoms with Crippen molar-refractivity contribution in [2.75, 3.05) is 17.7 Å². The van der Waals surface area contributed by atoms with Crippen LogP contribution in [-0.4, -0.2) is 12.5 Å². The van der Waals surface area contributed by atoms with Crippen molar-refractivity contribution in [1.82, 2.24) is 0 Å². The summed E-state index contributed by atoms with van der Waals surface area (Å²) in [5.74, 6) is -0.0735. The van der Waals surface area contributed by atoms with E-state index in [9.17, 15) is 4.79 Å². The molecule has 0 bridgehead atoms. The zero-order chi connectivity index (χ0) is 15.1. The summed E-state index contributed by atoms with van der Waals surface area (Å²) in [6.07, 6.45) is 0.320. The summed E-state index contributed by atoms with van der Waals surface area (Å²) >= 11 is 3.38. The Kier molecular flexibility index (Phi) is 5.78. The van der Waals surface area contributed by atoms with Crippen LogP contribution in [0.1, 0.15) is 12.0 Å². The van der Waals surface area contributed by atoms with Gasteiger partial charge in [-0.3, -0.25) is 4.79 Å². The molecule has 0 saturated carbocycles. The van der Waals surface area contributed by atoms with Crippen LogP contribution in [0.2, 0.25) is 0 Å². The SMILES string of the molecule is Nc1ccc(NC(=O)CCOCc2ccc(Br)cc2)cc1. The van der Waals surface area contributed by atoms with E-state index >= 15 is 0 Å². The minimum absolute atomic E-state index is 0.0735. The Morgan fingerprint density at radius 2 is 1.76 bits per heavy atom. The highest BCUT2D eigenvalue weighted by Gasteiger charge is 2.02. The number of carbonyl (C=O) groups is 1. The smallest absolute Gasteiger partial charge is 0.226 e. The molecule has 0 unspecified atom stereocenters. The molecule has 110 valence electrons. The van der Waals surface area contributed by atoms with Crippen molar-refractivity contribution in [3.8, 4) is 0 Å². The van der Waals surface area contributed by atoms with Crippen LogP contribution in [0.4, 0.5) is 11.4 Å². The molecule has 0 aliphatic carbocycles. The Bertz CT molecular complexity index is 582. The summed E-state index contributed by atoms with van der Waals surface area (Å²) in [6.45, 7) is 0.888. The van der Waals surface area contributed by atoms with Gasteiger partial charge in [-0.25, -0.2) is 0 Å². The van der Waals surface area contributed by atoms with Crippen molar-refractivity contribution in [2.24, 2.45) is 0 Å². The van der Waals surface area contributed by atoms with Gasteiger partial charge in [-0.15, -0.1) is 0 Å². The lowest BCUT2D eigenvalue weighted by Gasteiger charge is -2.07. The van der Waals surface area contributed by atoms with E-state index in [-0.39, 0.29) is 5.91 Å². The number of carbonyl (C=O) groups excluding carboxylic acids is 1. The third-order valence-electron chi connectivity index (χ3n) is 2.85. The summed E-state index contributed by atoms with van der Waals surface area (Å²) in [6, 6.07) is 14.9. The third kappa shape index (κ3) is 5.57. The molecule has 0 aliphatic heterocycles. The van der Waals surface area contributed by atoms with Crippen LogP contribution in [0.15, 0.2) is 53.0 Å². The fourth-order valence-corrected chi connectivity index (χ4v) is 1.99. The lowest BCUT2D eigenvalue weighted by Crippen LogP contribution is -2.14. The lowest BCUT2D eigenvalue weighted by molar-refractivity contribution is -0.117. The average molecular weight is 349 g/mol. The van der Waals surface area contributed by atoms with Crippen LogP contribution in [-0.2, 0) is 16.1 Å². The van der Waals surface area contributed by atoms with Gasteiger partial charge in [0.15, 0.2) is 0 Å². The molecule has 1 amide bonds. The number of nitrogens with two attached hydrogens (primary N) is 1. The molecule has 0 spiro atoms. The van der Waals surface area contributed by atoms with E-state index in [1.165, 1.54) is 0 Å². The summed E-state index contributed by atoms with van der Waals surface area (Å²) in [5.41, 5.74) is 8.08. The van der Waals surface area contributed by atoms with E-state index in [0.29, 0.717) is 25.3 Å². The topological polar surface area (TPSA) is 64.3 Å². The monoisotopic (exact) mass is 348 g/mol. The normalized spacial score (nSPS) is 10.3. The minimum atomic E-state index is -0.0735. The van der Waals surface area contributed by atoms with E-state index in [1.54, 1.807) is 24.3 Å². The largest absolute Gasteiger partial charge is 0.399 e. The van der Waals surface area contributed by atoms with Gasteiger partial charge in [0.05, 0.1) is 19.6 Å². The van der Waals surface area contributed by atoms with Gasteiger partial charge in [0.1, 0.15) is 0 Å². The number of benzene rings is 2. The third-order valence-corrected chi connectivity index (χ3v) is 3.38. The Balaban J connectivity index is 1.67. The van der Waals surface area contributed by atoms with E-state index in [1.807, 2.05) is 24.3 Å². The predicted octanol–water partition coefficient (Wildman–Crippen LogP) is 3.58. The molecule has 21 heavy (non-hydrogen) atoms. The van der Waals surface area contributed by atoms with E-state index < -0.39 is 0 Å². The number of rotatable bonds is 6. The molecule has 0 radical (unpaired) electrons. The molecule has 0 aromatic heterocycles. The molecule has 2 aromatic carbocycles. The van der Waals surface area contributed by atoms with Crippen molar-refractivity contribution < 1.29 is 9.53 Å².